The predicted molar refractivity (Wildman–Crippen MR) is 55.0 cm³/mol. The zero-order valence-corrected chi connectivity index (χ0v) is 8.16. The fourth-order valence-electron chi connectivity index (χ4n) is 1.88. The Bertz CT molecular complexity index is 435. The van der Waals surface area contributed by atoms with E-state index in [0.717, 1.165) is 11.1 Å². The molecule has 1 aromatic rings. The summed E-state index contributed by atoms with van der Waals surface area (Å²) in [5, 5.41) is 8.58. The van der Waals surface area contributed by atoms with Gasteiger partial charge in [0, 0.05) is 6.42 Å². The molecule has 0 aromatic heterocycles. The number of benzene rings is 1. The highest BCUT2D eigenvalue weighted by atomic mass is 19.1. The SMILES string of the molecule is O=C(O)CCC1=CCc2c(F)cccc21. The second kappa shape index (κ2) is 3.85. The molecule has 0 heterocycles. The van der Waals surface area contributed by atoms with Crippen LogP contribution in [-0.4, -0.2) is 11.1 Å². The number of carboxylic acids is 1. The van der Waals surface area contributed by atoms with Crippen molar-refractivity contribution in [3.8, 4) is 0 Å². The maximum absolute atomic E-state index is 13.3. The normalized spacial score (nSPS) is 13.5. The first kappa shape index (κ1) is 9.90. The molecule has 1 aliphatic rings. The zero-order valence-electron chi connectivity index (χ0n) is 8.16. The van der Waals surface area contributed by atoms with Crippen LogP contribution in [0.25, 0.3) is 5.57 Å². The molecule has 0 atom stereocenters. The minimum Gasteiger partial charge on any atom is -0.481 e. The maximum atomic E-state index is 13.3. The molecule has 1 N–H and O–H groups in total. The van der Waals surface area contributed by atoms with Crippen LogP contribution in [0.2, 0.25) is 0 Å². The van der Waals surface area contributed by atoms with Gasteiger partial charge in [-0.15, -0.1) is 0 Å². The molecule has 2 nitrogen and oxygen atoms in total. The van der Waals surface area contributed by atoms with Crippen molar-refractivity contribution in [3.05, 3.63) is 41.2 Å². The summed E-state index contributed by atoms with van der Waals surface area (Å²) in [4.78, 5) is 10.4. The molecule has 0 amide bonds. The summed E-state index contributed by atoms with van der Waals surface area (Å²) in [6, 6.07) is 4.94. The van der Waals surface area contributed by atoms with Gasteiger partial charge in [-0.05, 0) is 35.6 Å². The summed E-state index contributed by atoms with van der Waals surface area (Å²) in [5.41, 5.74) is 2.51. The number of rotatable bonds is 3. The van der Waals surface area contributed by atoms with Crippen LogP contribution in [0.15, 0.2) is 24.3 Å². The maximum Gasteiger partial charge on any atom is 0.303 e. The molecule has 2 rings (SSSR count). The van der Waals surface area contributed by atoms with E-state index in [2.05, 4.69) is 0 Å². The fraction of sp³-hybridized carbons (Fsp3) is 0.250. The molecule has 0 spiro atoms. The monoisotopic (exact) mass is 206 g/mol. The third-order valence-corrected chi connectivity index (χ3v) is 2.63. The molecular weight excluding hydrogens is 195 g/mol. The molecule has 0 bridgehead atoms. The quantitative estimate of drug-likeness (QED) is 0.825. The molecule has 1 aliphatic carbocycles. The van der Waals surface area contributed by atoms with E-state index < -0.39 is 5.97 Å². The first-order chi connectivity index (χ1) is 7.18. The van der Waals surface area contributed by atoms with Gasteiger partial charge >= 0.3 is 5.97 Å². The number of halogens is 1. The highest BCUT2D eigenvalue weighted by molar-refractivity contribution is 5.76. The lowest BCUT2D eigenvalue weighted by atomic mass is 10.0. The van der Waals surface area contributed by atoms with E-state index in [0.29, 0.717) is 18.4 Å². The molecular formula is C12H11FO2. The average Bonchev–Trinajstić information content (AvgIpc) is 2.59. The number of carbonyl (C=O) groups is 1. The van der Waals surface area contributed by atoms with Crippen molar-refractivity contribution in [1.29, 1.82) is 0 Å². The van der Waals surface area contributed by atoms with Crippen LogP contribution in [0.3, 0.4) is 0 Å². The van der Waals surface area contributed by atoms with Crippen LogP contribution < -0.4 is 0 Å². The van der Waals surface area contributed by atoms with E-state index in [1.807, 2.05) is 12.1 Å². The van der Waals surface area contributed by atoms with E-state index in [9.17, 15) is 9.18 Å². The van der Waals surface area contributed by atoms with Crippen molar-refractivity contribution in [1.82, 2.24) is 0 Å². The highest BCUT2D eigenvalue weighted by Gasteiger charge is 2.17. The molecule has 0 unspecified atom stereocenters. The summed E-state index contributed by atoms with van der Waals surface area (Å²) in [7, 11) is 0. The number of carboxylic acid groups (broad SMARTS) is 1. The zero-order chi connectivity index (χ0) is 10.8. The fourth-order valence-corrected chi connectivity index (χ4v) is 1.88. The summed E-state index contributed by atoms with van der Waals surface area (Å²) in [5.74, 6) is -1.02. The van der Waals surface area contributed by atoms with Gasteiger partial charge in [-0.25, -0.2) is 4.39 Å². The van der Waals surface area contributed by atoms with Crippen LogP contribution in [0.5, 0.6) is 0 Å². The van der Waals surface area contributed by atoms with Crippen molar-refractivity contribution in [2.75, 3.05) is 0 Å². The first-order valence-corrected chi connectivity index (χ1v) is 4.87. The lowest BCUT2D eigenvalue weighted by Crippen LogP contribution is -1.95. The Labute approximate surface area is 87.0 Å². The minimum absolute atomic E-state index is 0.0990. The largest absolute Gasteiger partial charge is 0.481 e. The third kappa shape index (κ3) is 1.91. The number of hydrogen-bond donors (Lipinski definition) is 1. The van der Waals surface area contributed by atoms with Gasteiger partial charge in [-0.1, -0.05) is 18.2 Å². The number of hydrogen-bond acceptors (Lipinski definition) is 1. The molecule has 0 fully saturated rings. The second-order valence-electron chi connectivity index (χ2n) is 3.59. The topological polar surface area (TPSA) is 37.3 Å². The van der Waals surface area contributed by atoms with Gasteiger partial charge in [0.1, 0.15) is 5.82 Å². The Balaban J connectivity index is 2.20. The van der Waals surface area contributed by atoms with Gasteiger partial charge in [0.15, 0.2) is 0 Å². The smallest absolute Gasteiger partial charge is 0.303 e. The Kier molecular flexibility index (Phi) is 2.54. The first-order valence-electron chi connectivity index (χ1n) is 4.87. The minimum atomic E-state index is -0.819. The average molecular weight is 206 g/mol. The van der Waals surface area contributed by atoms with Gasteiger partial charge in [0.05, 0.1) is 0 Å². The standard InChI is InChI=1S/C12H11FO2/c13-11-3-1-2-9-8(4-6-10(9)11)5-7-12(14)15/h1-4H,5-7H2,(H,14,15). The summed E-state index contributed by atoms with van der Waals surface area (Å²) < 4.78 is 13.3. The van der Waals surface area contributed by atoms with Crippen molar-refractivity contribution in [3.63, 3.8) is 0 Å². The van der Waals surface area contributed by atoms with Gasteiger partial charge in [-0.3, -0.25) is 4.79 Å². The molecule has 0 radical (unpaired) electrons. The van der Waals surface area contributed by atoms with Crippen molar-refractivity contribution in [2.45, 2.75) is 19.3 Å². The van der Waals surface area contributed by atoms with Crippen molar-refractivity contribution < 1.29 is 14.3 Å². The lowest BCUT2D eigenvalue weighted by molar-refractivity contribution is -0.136. The van der Waals surface area contributed by atoms with E-state index in [-0.39, 0.29) is 12.2 Å². The van der Waals surface area contributed by atoms with E-state index >= 15 is 0 Å². The predicted octanol–water partition coefficient (Wildman–Crippen LogP) is 2.63. The second-order valence-corrected chi connectivity index (χ2v) is 3.59. The lowest BCUT2D eigenvalue weighted by Gasteiger charge is -2.04. The molecule has 0 aliphatic heterocycles. The van der Waals surface area contributed by atoms with Crippen LogP contribution in [0, 0.1) is 5.82 Å². The molecule has 1 aromatic carbocycles. The number of fused-ring (bicyclic) bond motifs is 1. The molecule has 15 heavy (non-hydrogen) atoms. The Morgan fingerprint density at radius 3 is 3.00 bits per heavy atom. The van der Waals surface area contributed by atoms with Crippen LogP contribution in [-0.2, 0) is 11.2 Å². The summed E-state index contributed by atoms with van der Waals surface area (Å²) in [6.45, 7) is 0. The summed E-state index contributed by atoms with van der Waals surface area (Å²) in [6.07, 6.45) is 3.07. The third-order valence-electron chi connectivity index (χ3n) is 2.63. The van der Waals surface area contributed by atoms with Crippen LogP contribution in [0.1, 0.15) is 24.0 Å². The van der Waals surface area contributed by atoms with Gasteiger partial charge in [0.2, 0.25) is 0 Å². The summed E-state index contributed by atoms with van der Waals surface area (Å²) >= 11 is 0. The van der Waals surface area contributed by atoms with Gasteiger partial charge in [-0.2, -0.15) is 0 Å². The van der Waals surface area contributed by atoms with Crippen LogP contribution >= 0.6 is 0 Å². The molecule has 0 saturated heterocycles. The van der Waals surface area contributed by atoms with E-state index in [4.69, 9.17) is 5.11 Å². The Morgan fingerprint density at radius 1 is 1.47 bits per heavy atom. The molecule has 3 heteroatoms. The van der Waals surface area contributed by atoms with Crippen molar-refractivity contribution in [2.24, 2.45) is 0 Å². The van der Waals surface area contributed by atoms with E-state index in [1.165, 1.54) is 6.07 Å². The molecule has 78 valence electrons. The van der Waals surface area contributed by atoms with Crippen LogP contribution in [0.4, 0.5) is 4.39 Å². The Hall–Kier alpha value is -1.64. The van der Waals surface area contributed by atoms with E-state index in [1.54, 1.807) is 6.07 Å². The highest BCUT2D eigenvalue weighted by Crippen LogP contribution is 2.31. The van der Waals surface area contributed by atoms with Crippen molar-refractivity contribution >= 4 is 11.5 Å². The van der Waals surface area contributed by atoms with Gasteiger partial charge < -0.3 is 5.11 Å². The number of allylic oxidation sites excluding steroid dienone is 2. The number of aliphatic carboxylic acids is 1. The Morgan fingerprint density at radius 2 is 2.27 bits per heavy atom. The molecule has 0 saturated carbocycles. The van der Waals surface area contributed by atoms with Gasteiger partial charge in [0.25, 0.3) is 0 Å².